The van der Waals surface area contributed by atoms with E-state index in [4.69, 9.17) is 10.3 Å². The number of nitrogens with two attached hydrogens (primary N) is 1. The highest BCUT2D eigenvalue weighted by Gasteiger charge is 2.59. The van der Waals surface area contributed by atoms with Gasteiger partial charge < -0.3 is 31.0 Å². The molecule has 2 atom stereocenters. The first-order chi connectivity index (χ1) is 19.2. The van der Waals surface area contributed by atoms with Gasteiger partial charge in [-0.1, -0.05) is 23.4 Å². The molecule has 16 heteroatoms. The maximum atomic E-state index is 14.5. The van der Waals surface area contributed by atoms with Crippen molar-refractivity contribution in [3.63, 3.8) is 0 Å². The summed E-state index contributed by atoms with van der Waals surface area (Å²) in [6, 6.07) is 6.86. The molecule has 2 unspecified atom stereocenters. The van der Waals surface area contributed by atoms with Gasteiger partial charge in [-0.2, -0.15) is 13.2 Å². The van der Waals surface area contributed by atoms with Crippen molar-refractivity contribution in [1.82, 2.24) is 25.6 Å². The van der Waals surface area contributed by atoms with Crippen molar-refractivity contribution in [1.29, 1.82) is 0 Å². The quantitative estimate of drug-likeness (QED) is 0.250. The maximum Gasteiger partial charge on any atom is 0.428 e. The molecule has 12 nitrogen and oxygen atoms in total. The zero-order chi connectivity index (χ0) is 29.7. The molecule has 6 N–H and O–H groups in total. The summed E-state index contributed by atoms with van der Waals surface area (Å²) in [6.45, 7) is 1.69. The number of amides is 2. The fraction of sp³-hybridized carbons (Fsp3) is 0.320. The molecule has 0 bridgehead atoms. The lowest BCUT2D eigenvalue weighted by atomic mass is 9.87. The number of benzene rings is 1. The number of hydrazine groups is 1. The van der Waals surface area contributed by atoms with Crippen molar-refractivity contribution >= 4 is 29.1 Å². The second-order valence-corrected chi connectivity index (χ2v) is 10.0. The molecule has 0 radical (unpaired) electrons. The van der Waals surface area contributed by atoms with E-state index < -0.39 is 47.4 Å². The first-order valence-corrected chi connectivity index (χ1v) is 12.2. The van der Waals surface area contributed by atoms with Crippen molar-refractivity contribution in [2.24, 2.45) is 5.73 Å². The van der Waals surface area contributed by atoms with Crippen LogP contribution in [0.15, 0.2) is 47.2 Å². The standard InChI is InChI=1S/C25H24F4N8O4/c1-23(2)17-19(31-11-24(40,21(30)38)25(27,28)29)32-18(33-20(17)34-22(23)39)15-9-16(14-7-8-41-36-14)37(35-15)10-12-5-3-4-6-13(12)26/h3-9,15,35,40H,10-11H2,1-2H3,(H2,30,38)(H2,31,32,33,34,39). The summed E-state index contributed by atoms with van der Waals surface area (Å²) < 4.78 is 60.0. The van der Waals surface area contributed by atoms with Crippen LogP contribution < -0.4 is 21.8 Å². The van der Waals surface area contributed by atoms with Gasteiger partial charge in [-0.25, -0.2) is 19.8 Å². The highest BCUT2D eigenvalue weighted by Crippen LogP contribution is 2.42. The molecule has 216 valence electrons. The molecule has 2 amide bonds. The number of primary amides is 1. The molecule has 0 saturated heterocycles. The largest absolute Gasteiger partial charge is 0.428 e. The molecule has 0 aliphatic carbocycles. The van der Waals surface area contributed by atoms with Gasteiger partial charge in [0.25, 0.3) is 11.5 Å². The predicted octanol–water partition coefficient (Wildman–Crippen LogP) is 2.13. The number of alkyl halides is 3. The number of hydrogen-bond donors (Lipinski definition) is 5. The number of halogens is 4. The number of aromatic nitrogens is 3. The van der Waals surface area contributed by atoms with E-state index in [1.54, 1.807) is 35.4 Å². The van der Waals surface area contributed by atoms with Crippen molar-refractivity contribution in [2.45, 2.75) is 43.6 Å². The van der Waals surface area contributed by atoms with Crippen LogP contribution in [0.3, 0.4) is 0 Å². The van der Waals surface area contributed by atoms with Gasteiger partial charge in [-0.05, 0) is 26.0 Å². The minimum absolute atomic E-state index is 0.00379. The number of carbonyl (C=O) groups excluding carboxylic acids is 2. The molecule has 4 heterocycles. The summed E-state index contributed by atoms with van der Waals surface area (Å²) in [4.78, 5) is 33.1. The van der Waals surface area contributed by atoms with Gasteiger partial charge in [-0.15, -0.1) is 0 Å². The number of nitrogens with one attached hydrogen (secondary N) is 3. The Morgan fingerprint density at radius 2 is 1.98 bits per heavy atom. The molecule has 2 aliphatic heterocycles. The fourth-order valence-electron chi connectivity index (χ4n) is 4.49. The zero-order valence-electron chi connectivity index (χ0n) is 21.6. The van der Waals surface area contributed by atoms with E-state index in [0.29, 0.717) is 17.0 Å². The number of carbonyl (C=O) groups is 2. The molecule has 0 saturated carbocycles. The number of aliphatic hydroxyl groups is 1. The Morgan fingerprint density at radius 1 is 1.24 bits per heavy atom. The lowest BCUT2D eigenvalue weighted by molar-refractivity contribution is -0.245. The fourth-order valence-corrected chi connectivity index (χ4v) is 4.49. The number of rotatable bonds is 8. The maximum absolute atomic E-state index is 14.5. The van der Waals surface area contributed by atoms with Crippen LogP contribution in [0.1, 0.15) is 42.5 Å². The Bertz CT molecular complexity index is 1540. The number of hydrogen-bond acceptors (Lipinski definition) is 10. The van der Waals surface area contributed by atoms with Gasteiger partial charge in [0.2, 0.25) is 5.91 Å². The van der Waals surface area contributed by atoms with E-state index in [9.17, 15) is 32.3 Å². The van der Waals surface area contributed by atoms with E-state index >= 15 is 0 Å². The summed E-state index contributed by atoms with van der Waals surface area (Å²) in [5.74, 6) is -3.18. The van der Waals surface area contributed by atoms with Crippen molar-refractivity contribution in [3.05, 3.63) is 71.1 Å². The van der Waals surface area contributed by atoms with Gasteiger partial charge in [0.05, 0.1) is 29.8 Å². The normalized spacial score (nSPS) is 19.4. The number of anilines is 2. The highest BCUT2D eigenvalue weighted by molar-refractivity contribution is 6.06. The third-order valence-electron chi connectivity index (χ3n) is 6.91. The van der Waals surface area contributed by atoms with Crippen LogP contribution >= 0.6 is 0 Å². The van der Waals surface area contributed by atoms with E-state index in [-0.39, 0.29) is 29.6 Å². The van der Waals surface area contributed by atoms with E-state index in [1.165, 1.54) is 26.2 Å². The molecule has 41 heavy (non-hydrogen) atoms. The molecular formula is C25H24F4N8O4. The van der Waals surface area contributed by atoms with E-state index in [1.807, 2.05) is 0 Å². The first-order valence-electron chi connectivity index (χ1n) is 12.2. The predicted molar refractivity (Wildman–Crippen MR) is 135 cm³/mol. The molecule has 5 rings (SSSR count). The third kappa shape index (κ3) is 4.84. The Kier molecular flexibility index (Phi) is 6.69. The zero-order valence-corrected chi connectivity index (χ0v) is 21.6. The van der Waals surface area contributed by atoms with Crippen LogP contribution in [0.25, 0.3) is 5.70 Å². The summed E-state index contributed by atoms with van der Waals surface area (Å²) in [5, 5.41) is 20.5. The highest BCUT2D eigenvalue weighted by atomic mass is 19.4. The van der Waals surface area contributed by atoms with Crippen LogP contribution in [-0.2, 0) is 21.5 Å². The lowest BCUT2D eigenvalue weighted by Gasteiger charge is -2.28. The molecule has 1 aromatic carbocycles. The van der Waals surface area contributed by atoms with Crippen LogP contribution in [0.5, 0.6) is 0 Å². The molecule has 3 aromatic rings. The average molecular weight is 577 g/mol. The van der Waals surface area contributed by atoms with Crippen molar-refractivity contribution in [3.8, 4) is 0 Å². The van der Waals surface area contributed by atoms with Gasteiger partial charge in [-0.3, -0.25) is 9.59 Å². The Morgan fingerprint density at radius 3 is 2.61 bits per heavy atom. The molecule has 0 spiro atoms. The number of fused-ring (bicyclic) bond motifs is 1. The van der Waals surface area contributed by atoms with Crippen molar-refractivity contribution < 1.29 is 36.8 Å². The molecule has 2 aliphatic rings. The second kappa shape index (κ2) is 9.81. The minimum atomic E-state index is -5.40. The Labute approximate surface area is 229 Å². The Hall–Kier alpha value is -4.57. The SMILES string of the molecule is CC1(C)C(=O)Nc2nc(C3C=C(c4ccon4)N(Cc4ccccc4F)N3)nc(NCC(O)(C(N)=O)C(F)(F)F)c21. The van der Waals surface area contributed by atoms with Gasteiger partial charge in [0.1, 0.15) is 35.5 Å². The molecular weight excluding hydrogens is 552 g/mol. The lowest BCUT2D eigenvalue weighted by Crippen LogP contribution is -2.59. The third-order valence-corrected chi connectivity index (χ3v) is 6.91. The summed E-state index contributed by atoms with van der Waals surface area (Å²) in [7, 11) is 0. The summed E-state index contributed by atoms with van der Waals surface area (Å²) in [6.07, 6.45) is -2.41. The van der Waals surface area contributed by atoms with Crippen molar-refractivity contribution in [2.75, 3.05) is 17.2 Å². The Balaban J connectivity index is 1.54. The van der Waals surface area contributed by atoms with Gasteiger partial charge in [0, 0.05) is 11.6 Å². The monoisotopic (exact) mass is 576 g/mol. The minimum Gasteiger partial charge on any atom is -0.371 e. The van der Waals surface area contributed by atoms with Crippen LogP contribution in [0.2, 0.25) is 0 Å². The number of nitrogens with zero attached hydrogens (tertiary/aromatic N) is 4. The second-order valence-electron chi connectivity index (χ2n) is 10.0. The molecule has 2 aromatic heterocycles. The topological polar surface area (TPSA) is 172 Å². The summed E-state index contributed by atoms with van der Waals surface area (Å²) in [5.41, 5.74) is 4.12. The summed E-state index contributed by atoms with van der Waals surface area (Å²) >= 11 is 0. The molecule has 0 fully saturated rings. The smallest absolute Gasteiger partial charge is 0.371 e. The van der Waals surface area contributed by atoms with E-state index in [0.717, 1.165) is 0 Å². The van der Waals surface area contributed by atoms with Crippen LogP contribution in [-0.4, -0.2) is 55.4 Å². The first kappa shape index (κ1) is 28.0. The van der Waals surface area contributed by atoms with Gasteiger partial charge in [0.15, 0.2) is 5.82 Å². The van der Waals surface area contributed by atoms with Crippen LogP contribution in [0, 0.1) is 5.82 Å². The van der Waals surface area contributed by atoms with Gasteiger partial charge >= 0.3 is 6.18 Å². The van der Waals surface area contributed by atoms with E-state index in [2.05, 4.69) is 31.2 Å². The van der Waals surface area contributed by atoms with Crippen LogP contribution in [0.4, 0.5) is 29.2 Å². The average Bonchev–Trinajstić information content (AvgIpc) is 3.62.